The third kappa shape index (κ3) is 3.99. The van der Waals surface area contributed by atoms with E-state index in [0.29, 0.717) is 30.8 Å². The van der Waals surface area contributed by atoms with Gasteiger partial charge in [0.05, 0.1) is 11.5 Å². The average molecular weight is 526 g/mol. The van der Waals surface area contributed by atoms with E-state index in [9.17, 15) is 19.5 Å². The number of nitrogens with zero attached hydrogens (tertiary/aromatic N) is 1. The Labute approximate surface area is 228 Å². The van der Waals surface area contributed by atoms with Crippen LogP contribution in [-0.2, 0) is 19.1 Å². The maximum atomic E-state index is 14.2. The Morgan fingerprint density at radius 2 is 1.92 bits per heavy atom. The molecule has 0 aromatic carbocycles. The van der Waals surface area contributed by atoms with E-state index in [1.54, 1.807) is 12.2 Å². The van der Waals surface area contributed by atoms with Crippen molar-refractivity contribution < 1.29 is 24.2 Å². The van der Waals surface area contributed by atoms with Gasteiger partial charge in [-0.25, -0.2) is 0 Å². The number of fused-ring (bicyclic) bond motifs is 7. The second-order valence-electron chi connectivity index (χ2n) is 13.5. The third-order valence-electron chi connectivity index (χ3n) is 11.7. The van der Waals surface area contributed by atoms with E-state index in [4.69, 9.17) is 4.74 Å². The van der Waals surface area contributed by atoms with E-state index in [0.717, 1.165) is 57.1 Å². The lowest BCUT2D eigenvalue weighted by Gasteiger charge is -2.60. The topological polar surface area (TPSA) is 83.9 Å². The maximum Gasteiger partial charge on any atom is 0.303 e. The number of hydrogen-bond acceptors (Lipinski definition) is 6. The van der Waals surface area contributed by atoms with Crippen LogP contribution < -0.4 is 0 Å². The Hall–Kier alpha value is -1.79. The van der Waals surface area contributed by atoms with Gasteiger partial charge in [-0.2, -0.15) is 0 Å². The zero-order valence-electron chi connectivity index (χ0n) is 24.0. The van der Waals surface area contributed by atoms with Crippen LogP contribution >= 0.6 is 0 Å². The molecule has 4 aliphatic carbocycles. The van der Waals surface area contributed by atoms with Crippen LogP contribution in [0.4, 0.5) is 0 Å². The molecule has 6 nitrogen and oxygen atoms in total. The van der Waals surface area contributed by atoms with Gasteiger partial charge in [-0.3, -0.25) is 19.3 Å². The molecule has 210 valence electrons. The normalized spacial score (nSPS) is 41.8. The quantitative estimate of drug-likeness (QED) is 0.454. The molecule has 1 aliphatic heterocycles. The lowest BCUT2D eigenvalue weighted by atomic mass is 9.44. The van der Waals surface area contributed by atoms with Crippen LogP contribution in [0.25, 0.3) is 0 Å². The van der Waals surface area contributed by atoms with Crippen molar-refractivity contribution in [3.05, 3.63) is 23.8 Å². The first kappa shape index (κ1) is 27.8. The summed E-state index contributed by atoms with van der Waals surface area (Å²) >= 11 is 0. The Kier molecular flexibility index (Phi) is 7.30. The Morgan fingerprint density at radius 3 is 2.58 bits per heavy atom. The number of aliphatic hydroxyl groups is 1. The summed E-state index contributed by atoms with van der Waals surface area (Å²) in [6.45, 7) is 11.7. The molecule has 3 saturated carbocycles. The van der Waals surface area contributed by atoms with Crippen LogP contribution in [-0.4, -0.2) is 59.4 Å². The van der Waals surface area contributed by atoms with E-state index in [2.05, 4.69) is 32.6 Å². The molecule has 8 atom stereocenters. The van der Waals surface area contributed by atoms with Gasteiger partial charge in [0.15, 0.2) is 18.2 Å². The number of ether oxygens (including phenoxy) is 1. The highest BCUT2D eigenvalue weighted by Crippen LogP contribution is 2.72. The smallest absolute Gasteiger partial charge is 0.303 e. The van der Waals surface area contributed by atoms with Gasteiger partial charge >= 0.3 is 5.97 Å². The van der Waals surface area contributed by atoms with Crippen molar-refractivity contribution in [2.24, 2.45) is 39.9 Å². The molecule has 6 heteroatoms. The molecule has 1 heterocycles. The largest absolute Gasteiger partial charge is 0.458 e. The molecular weight excluding hydrogens is 478 g/mol. The standard InChI is InChI=1S/C32H47NO5/c1-6-8-23(9-7-2)33-17-22-15-26-25-11-10-21-14-24(35)12-13-30(21,4)29(25)27(36)16-31(26,5)32(22,19-33)28(37)18-38-20(3)34/h12-14,22-23,25-27,29,36H,6-11,15-19H2,1-5H3/t22-,25-,26?,27-,29?,30-,31-,32+/m0/s1. The first-order valence-corrected chi connectivity index (χ1v) is 15.0. The predicted octanol–water partition coefficient (Wildman–Crippen LogP) is 4.89. The highest BCUT2D eigenvalue weighted by atomic mass is 16.5. The van der Waals surface area contributed by atoms with Crippen molar-refractivity contribution in [1.82, 2.24) is 4.90 Å². The molecular formula is C32H47NO5. The molecule has 0 aromatic rings. The summed E-state index contributed by atoms with van der Waals surface area (Å²) in [5.41, 5.74) is -0.141. The van der Waals surface area contributed by atoms with Crippen molar-refractivity contribution in [2.45, 2.75) is 98.1 Å². The van der Waals surface area contributed by atoms with Crippen LogP contribution in [0, 0.1) is 39.9 Å². The fraction of sp³-hybridized carbons (Fsp3) is 0.781. The number of aliphatic hydroxyl groups excluding tert-OH is 1. The second-order valence-corrected chi connectivity index (χ2v) is 13.5. The fourth-order valence-electron chi connectivity index (χ4n) is 10.2. The summed E-state index contributed by atoms with van der Waals surface area (Å²) in [4.78, 5) is 40.7. The van der Waals surface area contributed by atoms with Crippen molar-refractivity contribution in [3.8, 4) is 0 Å². The molecule has 0 radical (unpaired) electrons. The summed E-state index contributed by atoms with van der Waals surface area (Å²) in [6.07, 6.45) is 12.8. The minimum Gasteiger partial charge on any atom is -0.458 e. The average Bonchev–Trinajstić information content (AvgIpc) is 3.35. The molecule has 5 aliphatic rings. The third-order valence-corrected chi connectivity index (χ3v) is 11.7. The predicted molar refractivity (Wildman–Crippen MR) is 146 cm³/mol. The van der Waals surface area contributed by atoms with E-state index >= 15 is 0 Å². The van der Waals surface area contributed by atoms with Crippen molar-refractivity contribution in [2.75, 3.05) is 19.7 Å². The minimum absolute atomic E-state index is 0.0466. The first-order chi connectivity index (χ1) is 18.0. The summed E-state index contributed by atoms with van der Waals surface area (Å²) in [5.74, 6) is 0.549. The van der Waals surface area contributed by atoms with Crippen molar-refractivity contribution in [3.63, 3.8) is 0 Å². The zero-order valence-corrected chi connectivity index (χ0v) is 24.0. The number of hydrogen-bond donors (Lipinski definition) is 1. The summed E-state index contributed by atoms with van der Waals surface area (Å²) in [7, 11) is 0. The molecule has 2 unspecified atom stereocenters. The zero-order chi connectivity index (χ0) is 27.5. The maximum absolute atomic E-state index is 14.2. The van der Waals surface area contributed by atoms with Gasteiger partial charge in [0.25, 0.3) is 0 Å². The summed E-state index contributed by atoms with van der Waals surface area (Å²) < 4.78 is 5.35. The lowest BCUT2D eigenvalue weighted by molar-refractivity contribution is -0.164. The van der Waals surface area contributed by atoms with Crippen molar-refractivity contribution >= 4 is 17.5 Å². The monoisotopic (exact) mass is 525 g/mol. The van der Waals surface area contributed by atoms with Gasteiger partial charge in [-0.15, -0.1) is 0 Å². The van der Waals surface area contributed by atoms with Crippen molar-refractivity contribution in [1.29, 1.82) is 0 Å². The molecule has 0 spiro atoms. The lowest BCUT2D eigenvalue weighted by Crippen LogP contribution is -2.60. The van der Waals surface area contributed by atoms with E-state index in [1.807, 2.05) is 6.08 Å². The number of carbonyl (C=O) groups is 3. The van der Waals surface area contributed by atoms with Crippen LogP contribution in [0.1, 0.15) is 86.0 Å². The van der Waals surface area contributed by atoms with Gasteiger partial charge in [0, 0.05) is 37.4 Å². The fourth-order valence-corrected chi connectivity index (χ4v) is 10.2. The molecule has 1 saturated heterocycles. The molecule has 1 N–H and O–H groups in total. The second kappa shape index (κ2) is 9.99. The van der Waals surface area contributed by atoms with Gasteiger partial charge < -0.3 is 9.84 Å². The van der Waals surface area contributed by atoms with Crippen LogP contribution in [0.2, 0.25) is 0 Å². The van der Waals surface area contributed by atoms with Crippen LogP contribution in [0.5, 0.6) is 0 Å². The summed E-state index contributed by atoms with van der Waals surface area (Å²) in [5, 5.41) is 11.9. The molecule has 0 amide bonds. The Balaban J connectivity index is 1.53. The Morgan fingerprint density at radius 1 is 1.21 bits per heavy atom. The number of allylic oxidation sites excluding steroid dienone is 4. The highest BCUT2D eigenvalue weighted by Gasteiger charge is 2.73. The van der Waals surface area contributed by atoms with Gasteiger partial charge in [0.2, 0.25) is 0 Å². The van der Waals surface area contributed by atoms with E-state index < -0.39 is 17.5 Å². The van der Waals surface area contributed by atoms with Gasteiger partial charge in [0.1, 0.15) is 0 Å². The summed E-state index contributed by atoms with van der Waals surface area (Å²) in [6, 6.07) is 0.462. The van der Waals surface area contributed by atoms with Crippen LogP contribution in [0.3, 0.4) is 0 Å². The van der Waals surface area contributed by atoms with Gasteiger partial charge in [-0.05, 0) is 73.8 Å². The SMILES string of the molecule is CCCC(CCC)N1C[C@@H]2CC3[C@@H]4CCC5=CC(=O)C=C[C@]5(C)C4[C@@H](O)C[C@]3(C)[C@]2(C(=O)COC(C)=O)C1. The number of esters is 1. The number of likely N-dealkylation sites (tertiary alicyclic amines) is 1. The molecule has 38 heavy (non-hydrogen) atoms. The molecule has 0 bridgehead atoms. The molecule has 4 fully saturated rings. The molecule has 0 aromatic heterocycles. The number of carbonyl (C=O) groups excluding carboxylic acids is 3. The van der Waals surface area contributed by atoms with Crippen LogP contribution in [0.15, 0.2) is 23.8 Å². The molecule has 5 rings (SSSR count). The number of rotatable bonds is 8. The number of Topliss-reactive ketones (excluding diaryl/α,β-unsaturated/α-hetero) is 1. The highest BCUT2D eigenvalue weighted by molar-refractivity contribution is 6.01. The Bertz CT molecular complexity index is 1040. The number of ketones is 2. The van der Waals surface area contributed by atoms with E-state index in [1.165, 1.54) is 6.92 Å². The minimum atomic E-state index is -0.617. The first-order valence-electron chi connectivity index (χ1n) is 15.0. The van der Waals surface area contributed by atoms with Gasteiger partial charge in [-0.1, -0.05) is 52.2 Å². The van der Waals surface area contributed by atoms with E-state index in [-0.39, 0.29) is 40.8 Å².